The maximum Gasteiger partial charge on any atom is 0.247 e. The molecule has 0 aromatic carbocycles. The summed E-state index contributed by atoms with van der Waals surface area (Å²) in [5.74, 6) is 2.21. The summed E-state index contributed by atoms with van der Waals surface area (Å²) in [6, 6.07) is 0.340. The molecular formula is C10H17NO2S. The number of carbonyl (C=O) groups excluding carboxylic acids is 1. The first kappa shape index (κ1) is 11.4. The number of amides is 1. The van der Waals surface area contributed by atoms with Crippen LogP contribution in [0, 0.1) is 0 Å². The zero-order valence-corrected chi connectivity index (χ0v) is 9.31. The van der Waals surface area contributed by atoms with Crippen LogP contribution < -0.4 is 5.32 Å². The molecule has 0 aromatic heterocycles. The van der Waals surface area contributed by atoms with Crippen LogP contribution in [-0.4, -0.2) is 30.1 Å². The van der Waals surface area contributed by atoms with Crippen LogP contribution in [0.15, 0.2) is 12.3 Å². The van der Waals surface area contributed by atoms with E-state index in [1.165, 1.54) is 24.5 Å². The van der Waals surface area contributed by atoms with Gasteiger partial charge in [-0.15, -0.1) is 0 Å². The molecule has 80 valence electrons. The Morgan fingerprint density at radius 3 is 3.21 bits per heavy atom. The van der Waals surface area contributed by atoms with Crippen molar-refractivity contribution in [2.75, 3.05) is 18.1 Å². The van der Waals surface area contributed by atoms with E-state index in [4.69, 9.17) is 4.74 Å². The SMILES string of the molecule is CCOC=CC(=O)NC1CCCSC1. The first-order valence-electron chi connectivity index (χ1n) is 4.99. The number of nitrogens with one attached hydrogen (secondary N) is 1. The molecule has 1 saturated heterocycles. The number of hydrogen-bond acceptors (Lipinski definition) is 3. The molecule has 0 saturated carbocycles. The van der Waals surface area contributed by atoms with Gasteiger partial charge >= 0.3 is 0 Å². The Hall–Kier alpha value is -0.640. The quantitative estimate of drug-likeness (QED) is 0.571. The van der Waals surface area contributed by atoms with Crippen LogP contribution in [0.2, 0.25) is 0 Å². The van der Waals surface area contributed by atoms with Crippen molar-refractivity contribution in [2.45, 2.75) is 25.8 Å². The number of carbonyl (C=O) groups is 1. The summed E-state index contributed by atoms with van der Waals surface area (Å²) in [7, 11) is 0. The molecule has 1 rings (SSSR count). The molecular weight excluding hydrogens is 198 g/mol. The van der Waals surface area contributed by atoms with Gasteiger partial charge in [-0.2, -0.15) is 11.8 Å². The molecule has 4 heteroatoms. The van der Waals surface area contributed by atoms with Gasteiger partial charge in [-0.05, 0) is 25.5 Å². The van der Waals surface area contributed by atoms with E-state index in [1.807, 2.05) is 18.7 Å². The topological polar surface area (TPSA) is 38.3 Å². The van der Waals surface area contributed by atoms with Crippen LogP contribution in [0.4, 0.5) is 0 Å². The van der Waals surface area contributed by atoms with Crippen molar-refractivity contribution in [3.8, 4) is 0 Å². The van der Waals surface area contributed by atoms with Crippen LogP contribution in [0.25, 0.3) is 0 Å². The van der Waals surface area contributed by atoms with Crippen LogP contribution in [0.1, 0.15) is 19.8 Å². The molecule has 1 aliphatic rings. The molecule has 1 unspecified atom stereocenters. The summed E-state index contributed by atoms with van der Waals surface area (Å²) in [6.07, 6.45) is 5.19. The third kappa shape index (κ3) is 4.56. The average molecular weight is 215 g/mol. The molecule has 1 atom stereocenters. The molecule has 0 aromatic rings. The van der Waals surface area contributed by atoms with E-state index in [0.717, 1.165) is 12.2 Å². The fourth-order valence-electron chi connectivity index (χ4n) is 1.31. The average Bonchev–Trinajstić information content (AvgIpc) is 2.20. The second-order valence-electron chi connectivity index (χ2n) is 3.18. The van der Waals surface area contributed by atoms with E-state index in [1.54, 1.807) is 0 Å². The minimum Gasteiger partial charge on any atom is -0.501 e. The largest absolute Gasteiger partial charge is 0.501 e. The molecule has 0 radical (unpaired) electrons. The van der Waals surface area contributed by atoms with Gasteiger partial charge in [0.25, 0.3) is 0 Å². The molecule has 1 amide bonds. The molecule has 3 nitrogen and oxygen atoms in total. The lowest BCUT2D eigenvalue weighted by atomic mass is 10.2. The van der Waals surface area contributed by atoms with Crippen molar-refractivity contribution in [3.63, 3.8) is 0 Å². The van der Waals surface area contributed by atoms with Gasteiger partial charge in [0.05, 0.1) is 12.9 Å². The highest BCUT2D eigenvalue weighted by Crippen LogP contribution is 2.16. The number of hydrogen-bond donors (Lipinski definition) is 1. The number of thioether (sulfide) groups is 1. The summed E-state index contributed by atoms with van der Waals surface area (Å²) >= 11 is 1.90. The van der Waals surface area contributed by atoms with Gasteiger partial charge in [0.15, 0.2) is 0 Å². The third-order valence-corrected chi connectivity index (χ3v) is 3.20. The van der Waals surface area contributed by atoms with Crippen molar-refractivity contribution in [1.29, 1.82) is 0 Å². The first-order valence-corrected chi connectivity index (χ1v) is 6.14. The van der Waals surface area contributed by atoms with Gasteiger partial charge in [0.2, 0.25) is 5.91 Å². The van der Waals surface area contributed by atoms with E-state index in [2.05, 4.69) is 5.32 Å². The predicted octanol–water partition coefficient (Wildman–Crippen LogP) is 1.55. The van der Waals surface area contributed by atoms with E-state index < -0.39 is 0 Å². The molecule has 0 spiro atoms. The number of ether oxygens (including phenoxy) is 1. The summed E-state index contributed by atoms with van der Waals surface area (Å²) in [4.78, 5) is 11.3. The lowest BCUT2D eigenvalue weighted by Crippen LogP contribution is -2.37. The molecule has 0 bridgehead atoms. The van der Waals surface area contributed by atoms with Gasteiger partial charge in [0.1, 0.15) is 0 Å². The van der Waals surface area contributed by atoms with Crippen molar-refractivity contribution in [2.24, 2.45) is 0 Å². The Kier molecular flexibility index (Phi) is 5.52. The lowest BCUT2D eigenvalue weighted by molar-refractivity contribution is -0.117. The fraction of sp³-hybridized carbons (Fsp3) is 0.700. The zero-order chi connectivity index (χ0) is 10.2. The van der Waals surface area contributed by atoms with Crippen molar-refractivity contribution in [3.05, 3.63) is 12.3 Å². The summed E-state index contributed by atoms with van der Waals surface area (Å²) in [5, 5.41) is 2.95. The van der Waals surface area contributed by atoms with Crippen molar-refractivity contribution in [1.82, 2.24) is 5.32 Å². The van der Waals surface area contributed by atoms with Gasteiger partial charge in [-0.3, -0.25) is 4.79 Å². The Morgan fingerprint density at radius 1 is 1.71 bits per heavy atom. The van der Waals surface area contributed by atoms with Gasteiger partial charge < -0.3 is 10.1 Å². The molecule has 1 fully saturated rings. The summed E-state index contributed by atoms with van der Waals surface area (Å²) in [6.45, 7) is 2.49. The van der Waals surface area contributed by atoms with Crippen LogP contribution in [0.3, 0.4) is 0 Å². The van der Waals surface area contributed by atoms with Crippen molar-refractivity contribution < 1.29 is 9.53 Å². The second kappa shape index (κ2) is 6.76. The zero-order valence-electron chi connectivity index (χ0n) is 8.49. The van der Waals surface area contributed by atoms with E-state index >= 15 is 0 Å². The van der Waals surface area contributed by atoms with E-state index in [0.29, 0.717) is 12.6 Å². The van der Waals surface area contributed by atoms with Gasteiger partial charge in [-0.25, -0.2) is 0 Å². The third-order valence-electron chi connectivity index (χ3n) is 1.99. The highest BCUT2D eigenvalue weighted by Gasteiger charge is 2.14. The minimum atomic E-state index is -0.0500. The normalized spacial score (nSPS) is 22.2. The molecule has 1 aliphatic heterocycles. The highest BCUT2D eigenvalue weighted by atomic mass is 32.2. The first-order chi connectivity index (χ1) is 6.83. The van der Waals surface area contributed by atoms with E-state index in [9.17, 15) is 4.79 Å². The van der Waals surface area contributed by atoms with Crippen molar-refractivity contribution >= 4 is 17.7 Å². The Morgan fingerprint density at radius 2 is 2.57 bits per heavy atom. The van der Waals surface area contributed by atoms with Crippen LogP contribution >= 0.6 is 11.8 Å². The van der Waals surface area contributed by atoms with E-state index in [-0.39, 0.29) is 5.91 Å². The molecule has 0 aliphatic carbocycles. The second-order valence-corrected chi connectivity index (χ2v) is 4.33. The maximum atomic E-state index is 11.3. The van der Waals surface area contributed by atoms with Crippen LogP contribution in [0.5, 0.6) is 0 Å². The Labute approximate surface area is 89.3 Å². The standard InChI is InChI=1S/C10H17NO2S/c1-2-13-6-5-10(12)11-9-4-3-7-14-8-9/h5-6,9H,2-4,7-8H2,1H3,(H,11,12). The molecule has 1 heterocycles. The van der Waals surface area contributed by atoms with Crippen LogP contribution in [-0.2, 0) is 9.53 Å². The highest BCUT2D eigenvalue weighted by molar-refractivity contribution is 7.99. The molecule has 1 N–H and O–H groups in total. The predicted molar refractivity (Wildman–Crippen MR) is 59.3 cm³/mol. The lowest BCUT2D eigenvalue weighted by Gasteiger charge is -2.21. The number of rotatable bonds is 4. The van der Waals surface area contributed by atoms with Gasteiger partial charge in [-0.1, -0.05) is 0 Å². The Bertz CT molecular complexity index is 200. The fourth-order valence-corrected chi connectivity index (χ4v) is 2.38. The molecule has 14 heavy (non-hydrogen) atoms. The summed E-state index contributed by atoms with van der Waals surface area (Å²) < 4.78 is 4.95. The minimum absolute atomic E-state index is 0.0500. The summed E-state index contributed by atoms with van der Waals surface area (Å²) in [5.41, 5.74) is 0. The Balaban J connectivity index is 2.18. The smallest absolute Gasteiger partial charge is 0.247 e. The monoisotopic (exact) mass is 215 g/mol. The van der Waals surface area contributed by atoms with Gasteiger partial charge in [0, 0.05) is 17.9 Å². The maximum absolute atomic E-state index is 11.3.